The molecule has 3 heterocycles. The van der Waals surface area contributed by atoms with Crippen LogP contribution < -0.4 is 15.8 Å². The average Bonchev–Trinajstić information content (AvgIpc) is 2.84. The topological polar surface area (TPSA) is 117 Å². The summed E-state index contributed by atoms with van der Waals surface area (Å²) in [5.41, 5.74) is 6.22. The number of hydrogen-bond donors (Lipinski definition) is 2. The van der Waals surface area contributed by atoms with Gasteiger partial charge in [0.25, 0.3) is 0 Å². The Hall–Kier alpha value is -3.09. The van der Waals surface area contributed by atoms with Crippen LogP contribution in [0.1, 0.15) is 18.9 Å². The first-order chi connectivity index (χ1) is 17.3. The van der Waals surface area contributed by atoms with Gasteiger partial charge in [0.15, 0.2) is 11.0 Å². The van der Waals surface area contributed by atoms with E-state index in [1.807, 2.05) is 6.92 Å². The number of amidine groups is 1. The van der Waals surface area contributed by atoms with Crippen LogP contribution in [-0.4, -0.2) is 65.6 Å². The summed E-state index contributed by atoms with van der Waals surface area (Å²) >= 11 is 1.30. The highest BCUT2D eigenvalue weighted by Crippen LogP contribution is 2.47. The van der Waals surface area contributed by atoms with Gasteiger partial charge in [-0.3, -0.25) is 0 Å². The van der Waals surface area contributed by atoms with Crippen molar-refractivity contribution in [3.8, 4) is 5.75 Å². The van der Waals surface area contributed by atoms with Crippen LogP contribution in [0.4, 0.5) is 20.3 Å². The van der Waals surface area contributed by atoms with E-state index in [0.29, 0.717) is 48.1 Å². The van der Waals surface area contributed by atoms with Gasteiger partial charge in [-0.05, 0) is 31.5 Å². The highest BCUT2D eigenvalue weighted by molar-refractivity contribution is 8.15. The van der Waals surface area contributed by atoms with Gasteiger partial charge in [0.1, 0.15) is 42.2 Å². The van der Waals surface area contributed by atoms with Gasteiger partial charge in [0.05, 0.1) is 24.9 Å². The highest BCUT2D eigenvalue weighted by Gasteiger charge is 2.46. The Kier molecular flexibility index (Phi) is 7.86. The molecule has 0 radical (unpaired) electrons. The van der Waals surface area contributed by atoms with Crippen molar-refractivity contribution < 1.29 is 23.0 Å². The Morgan fingerprint density at radius 3 is 2.72 bits per heavy atom. The summed E-state index contributed by atoms with van der Waals surface area (Å²) in [6.45, 7) is 2.12. The number of nitrogens with two attached hydrogens (primary N) is 1. The number of hydrogen-bond acceptors (Lipinski definition) is 10. The van der Waals surface area contributed by atoms with E-state index in [1.54, 1.807) is 32.5 Å². The van der Waals surface area contributed by atoms with Crippen molar-refractivity contribution in [1.29, 1.82) is 0 Å². The largest absolute Gasteiger partial charge is 0.489 e. The number of anilines is 2. The van der Waals surface area contributed by atoms with Crippen molar-refractivity contribution in [3.63, 3.8) is 0 Å². The molecule has 0 saturated heterocycles. The normalized spacial score (nSPS) is 21.9. The zero-order chi connectivity index (χ0) is 25.8. The van der Waals surface area contributed by atoms with Gasteiger partial charge in [0.2, 0.25) is 0 Å². The van der Waals surface area contributed by atoms with Gasteiger partial charge < -0.3 is 25.3 Å². The van der Waals surface area contributed by atoms with E-state index in [-0.39, 0.29) is 17.2 Å². The fraction of sp³-hybridized carbons (Fsp3) is 0.417. The second-order valence-corrected chi connectivity index (χ2v) is 10.3. The first kappa shape index (κ1) is 26.0. The number of nitrogens with one attached hydrogen (secondary N) is 1. The molecule has 1 aromatic carbocycles. The van der Waals surface area contributed by atoms with Crippen molar-refractivity contribution >= 4 is 39.5 Å². The molecule has 1 aliphatic heterocycles. The third kappa shape index (κ3) is 5.50. The second kappa shape index (κ2) is 10.9. The molecule has 9 nitrogen and oxygen atoms in total. The minimum atomic E-state index is -1.48. The molecule has 0 unspecified atom stereocenters. The Morgan fingerprint density at radius 2 is 1.97 bits per heavy atom. The first-order valence-electron chi connectivity index (χ1n) is 11.2. The van der Waals surface area contributed by atoms with Gasteiger partial charge in [-0.1, -0.05) is 11.8 Å². The van der Waals surface area contributed by atoms with Gasteiger partial charge in [-0.15, -0.1) is 0 Å². The molecule has 2 aromatic heterocycles. The molecular weight excluding hydrogens is 490 g/mol. The summed E-state index contributed by atoms with van der Waals surface area (Å²) < 4.78 is 45.1. The number of ether oxygens (including phenoxy) is 3. The van der Waals surface area contributed by atoms with Crippen molar-refractivity contribution in [2.75, 3.05) is 46.0 Å². The van der Waals surface area contributed by atoms with Crippen LogP contribution in [0, 0.1) is 5.82 Å². The summed E-state index contributed by atoms with van der Waals surface area (Å²) in [5.74, 6) is 0.370. The van der Waals surface area contributed by atoms with Gasteiger partial charge in [0, 0.05) is 36.3 Å². The van der Waals surface area contributed by atoms with Gasteiger partial charge in [-0.2, -0.15) is 0 Å². The smallest absolute Gasteiger partial charge is 0.160 e. The summed E-state index contributed by atoms with van der Waals surface area (Å²) in [4.78, 5) is 17.4. The Morgan fingerprint density at radius 1 is 1.14 bits per heavy atom. The number of rotatable bonds is 10. The Balaban J connectivity index is 1.67. The number of methoxy groups -OCH3 is 2. The lowest BCUT2D eigenvalue weighted by molar-refractivity contribution is 0.146. The van der Waals surface area contributed by atoms with E-state index < -0.39 is 22.8 Å². The molecule has 0 spiro atoms. The number of aliphatic imine (C=N–C) groups is 1. The molecule has 0 fully saturated rings. The molecule has 2 atom stereocenters. The number of aromatic nitrogens is 3. The lowest BCUT2D eigenvalue weighted by atomic mass is 9.82. The third-order valence-electron chi connectivity index (χ3n) is 5.75. The standard InChI is InChI=1S/C24H28F2N6O3S/c1-23(13-34-3)11-24(12-25,32-22(27)36-23)17-8-15(4-5-18(17)26)31-21-20-19(29-14-30-21)9-16(10-28-20)35-7-6-33-2/h4-5,8-10,14H,6-7,11-13H2,1-3H3,(H2,27,32)(H,29,30,31)/t23-,24-/m1/s1. The molecule has 12 heteroatoms. The SMILES string of the molecule is COCCOc1cnc2c(Nc3ccc(F)c([C@]4(CF)C[C@](C)(COC)SC(N)=N4)c3)ncnc2c1. The van der Waals surface area contributed by atoms with Gasteiger partial charge in [-0.25, -0.2) is 28.7 Å². The van der Waals surface area contributed by atoms with Crippen molar-refractivity contribution in [2.45, 2.75) is 23.6 Å². The fourth-order valence-electron chi connectivity index (χ4n) is 4.31. The van der Waals surface area contributed by atoms with Crippen molar-refractivity contribution in [3.05, 3.63) is 48.2 Å². The molecule has 0 bridgehead atoms. The Labute approximate surface area is 211 Å². The predicted octanol–water partition coefficient (Wildman–Crippen LogP) is 3.95. The summed E-state index contributed by atoms with van der Waals surface area (Å²) in [5, 5.41) is 3.34. The Bertz CT molecular complexity index is 1270. The van der Waals surface area contributed by atoms with Crippen molar-refractivity contribution in [2.24, 2.45) is 10.7 Å². The predicted molar refractivity (Wildman–Crippen MR) is 136 cm³/mol. The zero-order valence-corrected chi connectivity index (χ0v) is 21.1. The number of halogens is 2. The number of pyridine rings is 1. The highest BCUT2D eigenvalue weighted by atomic mass is 32.2. The van der Waals surface area contributed by atoms with E-state index in [0.717, 1.165) is 0 Å². The van der Waals surface area contributed by atoms with Crippen LogP contribution in [0.15, 0.2) is 41.8 Å². The molecule has 3 aromatic rings. The quantitative estimate of drug-likeness (QED) is 0.385. The summed E-state index contributed by atoms with van der Waals surface area (Å²) in [6, 6.07) is 6.09. The zero-order valence-electron chi connectivity index (χ0n) is 20.3. The van der Waals surface area contributed by atoms with E-state index in [1.165, 1.54) is 30.2 Å². The van der Waals surface area contributed by atoms with Crippen LogP contribution in [0.5, 0.6) is 5.75 Å². The number of thioether (sulfide) groups is 1. The number of alkyl halides is 1. The molecular formula is C24H28F2N6O3S. The lowest BCUT2D eigenvalue weighted by Gasteiger charge is -2.41. The van der Waals surface area contributed by atoms with Crippen LogP contribution in [-0.2, 0) is 15.0 Å². The first-order valence-corrected chi connectivity index (χ1v) is 12.0. The van der Waals surface area contributed by atoms with Gasteiger partial charge >= 0.3 is 0 Å². The van der Waals surface area contributed by atoms with E-state index in [9.17, 15) is 4.39 Å². The average molecular weight is 519 g/mol. The lowest BCUT2D eigenvalue weighted by Crippen LogP contribution is -2.45. The molecule has 36 heavy (non-hydrogen) atoms. The van der Waals surface area contributed by atoms with Crippen LogP contribution in [0.3, 0.4) is 0 Å². The number of benzene rings is 1. The number of nitrogens with zero attached hydrogens (tertiary/aromatic N) is 4. The minimum absolute atomic E-state index is 0.0979. The molecule has 3 N–H and O–H groups in total. The van der Waals surface area contributed by atoms with Crippen molar-refractivity contribution in [1.82, 2.24) is 15.0 Å². The van der Waals surface area contributed by atoms with Crippen LogP contribution >= 0.6 is 11.8 Å². The molecule has 0 saturated carbocycles. The monoisotopic (exact) mass is 518 g/mol. The fourth-order valence-corrected chi connectivity index (χ4v) is 5.52. The summed E-state index contributed by atoms with van der Waals surface area (Å²) in [7, 11) is 3.15. The van der Waals surface area contributed by atoms with E-state index in [2.05, 4.69) is 25.3 Å². The maximum atomic E-state index is 15.1. The molecule has 0 aliphatic carbocycles. The minimum Gasteiger partial charge on any atom is -0.489 e. The van der Waals surface area contributed by atoms with Crippen LogP contribution in [0.25, 0.3) is 11.0 Å². The maximum absolute atomic E-state index is 15.1. The van der Waals surface area contributed by atoms with E-state index >= 15 is 4.39 Å². The second-order valence-electron chi connectivity index (χ2n) is 8.70. The molecule has 1 aliphatic rings. The third-order valence-corrected chi connectivity index (χ3v) is 6.80. The van der Waals surface area contributed by atoms with Crippen LogP contribution in [0.2, 0.25) is 0 Å². The maximum Gasteiger partial charge on any atom is 0.160 e. The molecule has 0 amide bonds. The molecule has 4 rings (SSSR count). The molecule has 192 valence electrons. The van der Waals surface area contributed by atoms with E-state index in [4.69, 9.17) is 19.9 Å². The summed E-state index contributed by atoms with van der Waals surface area (Å²) in [6.07, 6.45) is 3.16. The number of fused-ring (bicyclic) bond motifs is 1.